The molecule has 0 atom stereocenters. The zero-order chi connectivity index (χ0) is 28.0. The Morgan fingerprint density at radius 2 is 1.90 bits per heavy atom. The largest absolute Gasteiger partial charge is 0.409 e. The Bertz CT molecular complexity index is 1300. The van der Waals surface area contributed by atoms with Crippen LogP contribution in [0, 0.1) is 0 Å². The number of aliphatic imine (C=N–C) groups is 2. The molecule has 0 spiro atoms. The monoisotopic (exact) mass is 627 g/mol. The number of anilines is 3. The van der Waals surface area contributed by atoms with Crippen LogP contribution in [0.1, 0.15) is 13.3 Å². The van der Waals surface area contributed by atoms with Crippen molar-refractivity contribution < 1.29 is 18.0 Å². The first-order valence-electron chi connectivity index (χ1n) is 11.6. The molecule has 1 amide bonds. The van der Waals surface area contributed by atoms with Crippen molar-refractivity contribution in [2.75, 3.05) is 44.4 Å². The maximum absolute atomic E-state index is 12.2. The summed E-state index contributed by atoms with van der Waals surface area (Å²) in [6.07, 6.45) is -1.75. The van der Waals surface area contributed by atoms with E-state index in [4.69, 9.17) is 0 Å². The third-order valence-electron chi connectivity index (χ3n) is 4.59. The van der Waals surface area contributed by atoms with Crippen LogP contribution in [0.25, 0.3) is 10.9 Å². The van der Waals surface area contributed by atoms with Crippen molar-refractivity contribution in [1.29, 1.82) is 0 Å². The molecule has 0 aliphatic carbocycles. The highest BCUT2D eigenvalue weighted by Crippen LogP contribution is 2.27. The molecule has 2 aromatic carbocycles. The first-order valence-corrected chi connectivity index (χ1v) is 12.4. The quantitative estimate of drug-likeness (QED) is 0.155. The van der Waals surface area contributed by atoms with E-state index in [0.717, 1.165) is 36.2 Å². The van der Waals surface area contributed by atoms with E-state index in [2.05, 4.69) is 71.5 Å². The number of amides is 1. The lowest BCUT2D eigenvalue weighted by Gasteiger charge is -2.10. The van der Waals surface area contributed by atoms with Gasteiger partial charge in [-0.1, -0.05) is 22.0 Å². The van der Waals surface area contributed by atoms with Crippen LogP contribution in [0.15, 0.2) is 75.4 Å². The van der Waals surface area contributed by atoms with E-state index < -0.39 is 12.1 Å². The van der Waals surface area contributed by atoms with Crippen LogP contribution < -0.4 is 10.6 Å². The Labute approximate surface area is 240 Å². The lowest BCUT2D eigenvalue weighted by Crippen LogP contribution is -2.13. The number of carbonyl (C=O) groups is 1. The van der Waals surface area contributed by atoms with Crippen LogP contribution in [-0.4, -0.2) is 66.7 Å². The Balaban J connectivity index is 0.000000541. The molecule has 0 bridgehead atoms. The number of nitrogens with zero attached hydrogens (tertiary/aromatic N) is 5. The molecule has 0 unspecified atom stereocenters. The first kappa shape index (κ1) is 33.7. The van der Waals surface area contributed by atoms with E-state index in [1.54, 1.807) is 18.2 Å². The highest BCUT2D eigenvalue weighted by atomic mass is 79.9. The first-order chi connectivity index (χ1) is 18.1. The van der Waals surface area contributed by atoms with Gasteiger partial charge in [0.05, 0.1) is 18.1 Å². The molecule has 1 heterocycles. The summed E-state index contributed by atoms with van der Waals surface area (Å²) in [4.78, 5) is 30.0. The molecule has 13 heteroatoms. The van der Waals surface area contributed by atoms with Gasteiger partial charge in [-0.05, 0) is 70.4 Å². The molecule has 1 aromatic heterocycles. The Hall–Kier alpha value is -3.31. The number of halogens is 5. The normalized spacial score (nSPS) is 10.8. The Morgan fingerprint density at radius 3 is 2.56 bits per heavy atom. The average Bonchev–Trinajstić information content (AvgIpc) is 2.85. The molecule has 0 saturated carbocycles. The summed E-state index contributed by atoms with van der Waals surface area (Å²) in [7, 11) is 4.12. The molecule has 0 radical (unpaired) electrons. The van der Waals surface area contributed by atoms with Gasteiger partial charge in [0.1, 0.15) is 12.1 Å². The number of rotatable bonds is 9. The SMILES string of the molecule is CCN=C=NCCCN(C)C.Cl.O=C(C=CC(F)(F)F)Nc1ccc2ncnc(Nc3cccc(Br)c3)c2c1. The minimum absolute atomic E-state index is 0. The zero-order valence-corrected chi connectivity index (χ0v) is 24.1. The number of aromatic nitrogens is 2. The van der Waals surface area contributed by atoms with Gasteiger partial charge < -0.3 is 15.5 Å². The minimum atomic E-state index is -4.55. The van der Waals surface area contributed by atoms with Gasteiger partial charge in [0.2, 0.25) is 5.91 Å². The summed E-state index contributed by atoms with van der Waals surface area (Å²) in [5.74, 6) is -0.384. The van der Waals surface area contributed by atoms with E-state index >= 15 is 0 Å². The zero-order valence-electron chi connectivity index (χ0n) is 21.7. The van der Waals surface area contributed by atoms with Crippen molar-refractivity contribution in [3.8, 4) is 0 Å². The van der Waals surface area contributed by atoms with Crippen LogP contribution in [0.4, 0.5) is 30.4 Å². The molecule has 0 saturated heterocycles. The Kier molecular flexibility index (Phi) is 15.0. The summed E-state index contributed by atoms with van der Waals surface area (Å²) in [6.45, 7) is 4.67. The second-order valence-corrected chi connectivity index (χ2v) is 8.98. The molecule has 0 aliphatic rings. The number of carbonyl (C=O) groups excluding carboxylic acids is 1. The molecule has 8 nitrogen and oxygen atoms in total. The second-order valence-electron chi connectivity index (χ2n) is 8.07. The molecule has 3 rings (SSSR count). The van der Waals surface area contributed by atoms with E-state index in [9.17, 15) is 18.0 Å². The fraction of sp³-hybridized carbons (Fsp3) is 0.308. The van der Waals surface area contributed by atoms with Crippen LogP contribution >= 0.6 is 28.3 Å². The van der Waals surface area contributed by atoms with Gasteiger partial charge in [-0.2, -0.15) is 13.2 Å². The third-order valence-corrected chi connectivity index (χ3v) is 5.08. The van der Waals surface area contributed by atoms with E-state index in [0.29, 0.717) is 28.5 Å². The molecule has 0 fully saturated rings. The van der Waals surface area contributed by atoms with Gasteiger partial charge >= 0.3 is 6.18 Å². The molecule has 2 N–H and O–H groups in total. The van der Waals surface area contributed by atoms with Crippen LogP contribution in [0.2, 0.25) is 0 Å². The molecule has 3 aromatic rings. The number of allylic oxidation sites excluding steroid dienone is 1. The van der Waals surface area contributed by atoms with Crippen molar-refractivity contribution >= 4 is 68.3 Å². The fourth-order valence-corrected chi connectivity index (χ4v) is 3.33. The highest BCUT2D eigenvalue weighted by molar-refractivity contribution is 9.10. The third kappa shape index (κ3) is 13.9. The summed E-state index contributed by atoms with van der Waals surface area (Å²) >= 11 is 3.39. The smallest absolute Gasteiger partial charge is 0.340 e. The minimum Gasteiger partial charge on any atom is -0.340 e. The van der Waals surface area contributed by atoms with Crippen molar-refractivity contribution in [2.24, 2.45) is 9.98 Å². The molecular formula is C26H30BrClF3N7O. The number of alkyl halides is 3. The van der Waals surface area contributed by atoms with E-state index in [1.165, 1.54) is 6.33 Å². The molecule has 39 heavy (non-hydrogen) atoms. The topological polar surface area (TPSA) is 94.9 Å². The van der Waals surface area contributed by atoms with E-state index in [1.807, 2.05) is 31.2 Å². The maximum atomic E-state index is 12.2. The van der Waals surface area contributed by atoms with Crippen molar-refractivity contribution in [1.82, 2.24) is 14.9 Å². The summed E-state index contributed by atoms with van der Waals surface area (Å²) < 4.78 is 37.4. The van der Waals surface area contributed by atoms with Crippen molar-refractivity contribution in [3.63, 3.8) is 0 Å². The predicted molar refractivity (Wildman–Crippen MR) is 156 cm³/mol. The number of fused-ring (bicyclic) bond motifs is 1. The second kappa shape index (κ2) is 17.3. The number of hydrogen-bond donors (Lipinski definition) is 2. The summed E-state index contributed by atoms with van der Waals surface area (Å²) in [6, 6.07) is 14.9. The van der Waals surface area contributed by atoms with Gasteiger partial charge in [0.15, 0.2) is 0 Å². The van der Waals surface area contributed by atoms with Gasteiger partial charge in [0, 0.05) is 39.9 Å². The van der Waals surface area contributed by atoms with Crippen LogP contribution in [0.5, 0.6) is 0 Å². The van der Waals surface area contributed by atoms with Gasteiger partial charge in [-0.15, -0.1) is 12.4 Å². The molecule has 0 aliphatic heterocycles. The molecule has 210 valence electrons. The number of hydrogen-bond acceptors (Lipinski definition) is 7. The van der Waals surface area contributed by atoms with Gasteiger partial charge in [-0.25, -0.2) is 20.0 Å². The maximum Gasteiger partial charge on any atom is 0.409 e. The highest BCUT2D eigenvalue weighted by Gasteiger charge is 2.22. The Morgan fingerprint density at radius 1 is 1.13 bits per heavy atom. The van der Waals surface area contributed by atoms with Crippen molar-refractivity contribution in [2.45, 2.75) is 19.5 Å². The lowest BCUT2D eigenvalue weighted by molar-refractivity contribution is -0.112. The average molecular weight is 629 g/mol. The number of benzene rings is 2. The van der Waals surface area contributed by atoms with Gasteiger partial charge in [0.25, 0.3) is 0 Å². The van der Waals surface area contributed by atoms with Crippen LogP contribution in [0.3, 0.4) is 0 Å². The fourth-order valence-electron chi connectivity index (χ4n) is 2.93. The predicted octanol–water partition coefficient (Wildman–Crippen LogP) is 6.75. The number of nitrogens with one attached hydrogen (secondary N) is 2. The van der Waals surface area contributed by atoms with Gasteiger partial charge in [-0.3, -0.25) is 4.79 Å². The van der Waals surface area contributed by atoms with Crippen molar-refractivity contribution in [3.05, 3.63) is 65.4 Å². The van der Waals surface area contributed by atoms with Crippen LogP contribution in [-0.2, 0) is 4.79 Å². The summed E-state index contributed by atoms with van der Waals surface area (Å²) in [5, 5.41) is 6.15. The standard InChI is InChI=1S/C18H12BrF3N4O.C8H17N3.ClH/c19-11-2-1-3-12(8-11)26-17-14-9-13(4-5-15(14)23-10-24-17)25-16(27)6-7-18(20,21)22;1-4-9-8-10-6-5-7-11(2)3;/h1-10H,(H,25,27)(H,23,24,26);4-7H2,1-3H3;1H. The van der Waals surface area contributed by atoms with E-state index in [-0.39, 0.29) is 18.5 Å². The molecular weight excluding hydrogens is 599 g/mol. The summed E-state index contributed by atoms with van der Waals surface area (Å²) in [5.41, 5.74) is 1.73. The lowest BCUT2D eigenvalue weighted by atomic mass is 10.2.